The average Bonchev–Trinajstić information content (AvgIpc) is 2.49. The van der Waals surface area contributed by atoms with Crippen molar-refractivity contribution in [1.29, 1.82) is 0 Å². The summed E-state index contributed by atoms with van der Waals surface area (Å²) in [5, 5.41) is 17.1. The van der Waals surface area contributed by atoms with Crippen molar-refractivity contribution < 1.29 is 9.50 Å². The number of aryl methyl sites for hydroxylation is 1. The monoisotopic (exact) mass is 317 g/mol. The molecule has 22 heavy (non-hydrogen) atoms. The summed E-state index contributed by atoms with van der Waals surface area (Å²) in [6.45, 7) is 3.70. The van der Waals surface area contributed by atoms with E-state index >= 15 is 0 Å². The van der Waals surface area contributed by atoms with E-state index in [1.807, 2.05) is 19.1 Å². The molecule has 0 aliphatic rings. The van der Waals surface area contributed by atoms with Crippen molar-refractivity contribution in [2.75, 3.05) is 5.32 Å². The van der Waals surface area contributed by atoms with Crippen LogP contribution in [0.1, 0.15) is 18.1 Å². The van der Waals surface area contributed by atoms with Crippen LogP contribution in [-0.4, -0.2) is 15.9 Å². The van der Waals surface area contributed by atoms with E-state index in [-0.39, 0.29) is 16.7 Å². The summed E-state index contributed by atoms with van der Waals surface area (Å²) >= 11 is 5.11. The quantitative estimate of drug-likeness (QED) is 0.460. The lowest BCUT2D eigenvalue weighted by atomic mass is 10.1. The second kappa shape index (κ2) is 7.00. The average molecular weight is 317 g/mol. The summed E-state index contributed by atoms with van der Waals surface area (Å²) in [5.74, 6) is -0.153. The van der Waals surface area contributed by atoms with Crippen LogP contribution in [0.25, 0.3) is 0 Å². The smallest absolute Gasteiger partial charge is 0.191 e. The SMILES string of the molecule is C/C(=N\NC(=S)Nc1ccc(F)cc1)c1cc(C)ccc1O. The van der Waals surface area contributed by atoms with Gasteiger partial charge in [-0.05, 0) is 62.5 Å². The molecule has 6 heteroatoms. The molecule has 0 saturated carbocycles. The van der Waals surface area contributed by atoms with Crippen LogP contribution in [0, 0.1) is 12.7 Å². The molecular formula is C16H16FN3OS. The van der Waals surface area contributed by atoms with Gasteiger partial charge in [0.1, 0.15) is 11.6 Å². The summed E-state index contributed by atoms with van der Waals surface area (Å²) < 4.78 is 12.8. The Balaban J connectivity index is 2.02. The number of phenols is 1. The fraction of sp³-hybridized carbons (Fsp3) is 0.125. The molecule has 2 rings (SSSR count). The number of hydrazone groups is 1. The Bertz CT molecular complexity index is 714. The van der Waals surface area contributed by atoms with E-state index in [9.17, 15) is 9.50 Å². The number of hydrogen-bond acceptors (Lipinski definition) is 3. The van der Waals surface area contributed by atoms with E-state index < -0.39 is 0 Å². The molecule has 2 aromatic carbocycles. The van der Waals surface area contributed by atoms with E-state index in [2.05, 4.69) is 15.8 Å². The predicted octanol–water partition coefficient (Wildman–Crippen LogP) is 3.55. The maximum atomic E-state index is 12.8. The summed E-state index contributed by atoms with van der Waals surface area (Å²) in [6.07, 6.45) is 0. The number of benzene rings is 2. The summed E-state index contributed by atoms with van der Waals surface area (Å²) in [4.78, 5) is 0. The summed E-state index contributed by atoms with van der Waals surface area (Å²) in [6, 6.07) is 11.1. The van der Waals surface area contributed by atoms with Crippen LogP contribution in [0.2, 0.25) is 0 Å². The lowest BCUT2D eigenvalue weighted by Gasteiger charge is -2.09. The zero-order chi connectivity index (χ0) is 16.1. The Morgan fingerprint density at radius 1 is 1.18 bits per heavy atom. The number of halogens is 1. The fourth-order valence-corrected chi connectivity index (χ4v) is 1.99. The fourth-order valence-electron chi connectivity index (χ4n) is 1.83. The van der Waals surface area contributed by atoms with Gasteiger partial charge in [-0.3, -0.25) is 5.43 Å². The molecule has 0 amide bonds. The van der Waals surface area contributed by atoms with Crippen LogP contribution in [0.15, 0.2) is 47.6 Å². The maximum Gasteiger partial charge on any atom is 0.191 e. The lowest BCUT2D eigenvalue weighted by molar-refractivity contribution is 0.474. The zero-order valence-electron chi connectivity index (χ0n) is 12.2. The molecule has 4 nitrogen and oxygen atoms in total. The first-order valence-corrected chi connectivity index (χ1v) is 7.03. The first-order valence-electron chi connectivity index (χ1n) is 6.62. The number of phenolic OH excluding ortho intramolecular Hbond substituents is 1. The molecule has 0 aliphatic heterocycles. The van der Waals surface area contributed by atoms with Crippen molar-refractivity contribution in [3.63, 3.8) is 0 Å². The molecule has 0 aliphatic carbocycles. The standard InChI is InChI=1S/C16H16FN3OS/c1-10-3-8-15(21)14(9-10)11(2)19-20-16(22)18-13-6-4-12(17)5-7-13/h3-9,21H,1-2H3,(H2,18,20,22)/b19-11+. The molecule has 0 saturated heterocycles. The van der Waals surface area contributed by atoms with Crippen molar-refractivity contribution in [2.45, 2.75) is 13.8 Å². The Kier molecular flexibility index (Phi) is 5.06. The highest BCUT2D eigenvalue weighted by atomic mass is 32.1. The molecule has 114 valence electrons. The number of hydrogen-bond donors (Lipinski definition) is 3. The number of nitrogens with zero attached hydrogens (tertiary/aromatic N) is 1. The summed E-state index contributed by atoms with van der Waals surface area (Å²) in [5.41, 5.74) is 5.61. The van der Waals surface area contributed by atoms with Crippen LogP contribution >= 0.6 is 12.2 Å². The van der Waals surface area contributed by atoms with Gasteiger partial charge in [-0.15, -0.1) is 0 Å². The number of anilines is 1. The van der Waals surface area contributed by atoms with Crippen LogP contribution in [0.4, 0.5) is 10.1 Å². The molecule has 0 radical (unpaired) electrons. The first kappa shape index (κ1) is 15.9. The van der Waals surface area contributed by atoms with Gasteiger partial charge in [0.15, 0.2) is 5.11 Å². The largest absolute Gasteiger partial charge is 0.507 e. The van der Waals surface area contributed by atoms with E-state index in [1.165, 1.54) is 12.1 Å². The number of thiocarbonyl (C=S) groups is 1. The van der Waals surface area contributed by atoms with E-state index in [0.717, 1.165) is 5.56 Å². The van der Waals surface area contributed by atoms with Gasteiger partial charge in [0.2, 0.25) is 0 Å². The summed E-state index contributed by atoms with van der Waals surface area (Å²) in [7, 11) is 0. The minimum Gasteiger partial charge on any atom is -0.507 e. The molecule has 0 spiro atoms. The third-order valence-electron chi connectivity index (χ3n) is 2.97. The zero-order valence-corrected chi connectivity index (χ0v) is 13.0. The van der Waals surface area contributed by atoms with E-state index in [4.69, 9.17) is 12.2 Å². The molecule has 0 atom stereocenters. The third-order valence-corrected chi connectivity index (χ3v) is 3.16. The van der Waals surface area contributed by atoms with Crippen LogP contribution < -0.4 is 10.7 Å². The highest BCUT2D eigenvalue weighted by Gasteiger charge is 2.05. The van der Waals surface area contributed by atoms with Gasteiger partial charge in [0, 0.05) is 11.3 Å². The van der Waals surface area contributed by atoms with Crippen molar-refractivity contribution in [3.05, 3.63) is 59.4 Å². The molecule has 3 N–H and O–H groups in total. The molecule has 0 fully saturated rings. The van der Waals surface area contributed by atoms with Crippen molar-refractivity contribution in [2.24, 2.45) is 5.10 Å². The van der Waals surface area contributed by atoms with Gasteiger partial charge in [0.05, 0.1) is 5.71 Å². The number of aromatic hydroxyl groups is 1. The van der Waals surface area contributed by atoms with Crippen molar-refractivity contribution >= 4 is 28.7 Å². The van der Waals surface area contributed by atoms with Gasteiger partial charge in [-0.2, -0.15) is 5.10 Å². The second-order valence-electron chi connectivity index (χ2n) is 4.79. The highest BCUT2D eigenvalue weighted by Crippen LogP contribution is 2.18. The van der Waals surface area contributed by atoms with E-state index in [0.29, 0.717) is 17.0 Å². The minimum atomic E-state index is -0.312. The van der Waals surface area contributed by atoms with Gasteiger partial charge < -0.3 is 10.4 Å². The topological polar surface area (TPSA) is 56.7 Å². The van der Waals surface area contributed by atoms with Crippen LogP contribution in [0.3, 0.4) is 0 Å². The number of nitrogens with one attached hydrogen (secondary N) is 2. The maximum absolute atomic E-state index is 12.8. The van der Waals surface area contributed by atoms with Crippen molar-refractivity contribution in [1.82, 2.24) is 5.43 Å². The Morgan fingerprint density at radius 2 is 1.86 bits per heavy atom. The Hall–Kier alpha value is -2.47. The van der Waals surface area contributed by atoms with Gasteiger partial charge in [-0.1, -0.05) is 11.6 Å². The molecule has 0 bridgehead atoms. The molecule has 0 unspecified atom stereocenters. The van der Waals surface area contributed by atoms with E-state index in [1.54, 1.807) is 25.1 Å². The van der Waals surface area contributed by atoms with Gasteiger partial charge in [-0.25, -0.2) is 4.39 Å². The van der Waals surface area contributed by atoms with Crippen molar-refractivity contribution in [3.8, 4) is 5.75 Å². The predicted molar refractivity (Wildman–Crippen MR) is 90.8 cm³/mol. The highest BCUT2D eigenvalue weighted by molar-refractivity contribution is 7.80. The third kappa shape index (κ3) is 4.26. The van der Waals surface area contributed by atoms with Gasteiger partial charge in [0.25, 0.3) is 0 Å². The molecule has 0 heterocycles. The molecular weight excluding hydrogens is 301 g/mol. The minimum absolute atomic E-state index is 0.158. The Labute approximate surface area is 133 Å². The molecule has 2 aromatic rings. The lowest BCUT2D eigenvalue weighted by Crippen LogP contribution is -2.25. The molecule has 0 aromatic heterocycles. The Morgan fingerprint density at radius 3 is 2.55 bits per heavy atom. The second-order valence-corrected chi connectivity index (χ2v) is 5.20. The first-order chi connectivity index (χ1) is 10.5. The van der Waals surface area contributed by atoms with Crippen LogP contribution in [0.5, 0.6) is 5.75 Å². The number of rotatable bonds is 3. The normalized spacial score (nSPS) is 11.1. The van der Waals surface area contributed by atoms with Crippen LogP contribution in [-0.2, 0) is 0 Å². The van der Waals surface area contributed by atoms with Gasteiger partial charge >= 0.3 is 0 Å².